The molecule has 4 rings (SSSR count). The molecule has 130 valence electrons. The number of benzene rings is 1. The third kappa shape index (κ3) is 2.77. The largest absolute Gasteiger partial charge is 0.479 e. The van der Waals surface area contributed by atoms with E-state index in [9.17, 15) is 9.59 Å². The lowest BCUT2D eigenvalue weighted by atomic mass is 10.2. The maximum absolute atomic E-state index is 12.7. The lowest BCUT2D eigenvalue weighted by Crippen LogP contribution is -2.34. The summed E-state index contributed by atoms with van der Waals surface area (Å²) in [6.45, 7) is 5.72. The van der Waals surface area contributed by atoms with Crippen molar-refractivity contribution < 1.29 is 14.3 Å². The number of carbonyl (C=O) groups excluding carboxylic acids is 2. The van der Waals surface area contributed by atoms with Crippen LogP contribution in [-0.4, -0.2) is 22.5 Å². The average molecular weight is 339 g/mol. The summed E-state index contributed by atoms with van der Waals surface area (Å²) in [4.78, 5) is 24.4. The number of anilines is 2. The van der Waals surface area contributed by atoms with Crippen LogP contribution in [0.25, 0.3) is 0 Å². The summed E-state index contributed by atoms with van der Waals surface area (Å²) in [5.74, 6) is 0.275. The molecule has 1 aromatic heterocycles. The molecule has 2 N–H and O–H groups in total. The highest BCUT2D eigenvalue weighted by molar-refractivity contribution is 6.06. The van der Waals surface area contributed by atoms with E-state index in [2.05, 4.69) is 15.2 Å². The zero-order valence-corrected chi connectivity index (χ0v) is 14.6. The van der Waals surface area contributed by atoms with Crippen LogP contribution in [-0.2, 0) is 4.79 Å². The molecule has 2 heterocycles. The van der Waals surface area contributed by atoms with E-state index in [-0.39, 0.29) is 11.8 Å². The molecule has 0 bridgehead atoms. The maximum Gasteiger partial charge on any atom is 0.265 e. The van der Waals surface area contributed by atoms with Gasteiger partial charge in [0.2, 0.25) is 0 Å². The van der Waals surface area contributed by atoms with E-state index in [0.717, 1.165) is 11.4 Å². The summed E-state index contributed by atoms with van der Waals surface area (Å²) in [6.07, 6.45) is 1.85. The van der Waals surface area contributed by atoms with Crippen molar-refractivity contribution in [1.82, 2.24) is 4.57 Å². The van der Waals surface area contributed by atoms with Gasteiger partial charge in [0.15, 0.2) is 6.10 Å². The predicted octanol–water partition coefficient (Wildman–Crippen LogP) is 3.41. The molecule has 1 aromatic carbocycles. The Kier molecular flexibility index (Phi) is 3.56. The third-order valence-electron chi connectivity index (χ3n) is 4.81. The number of aromatic nitrogens is 1. The summed E-state index contributed by atoms with van der Waals surface area (Å²) < 4.78 is 7.78. The van der Waals surface area contributed by atoms with Crippen molar-refractivity contribution in [3.8, 4) is 5.75 Å². The van der Waals surface area contributed by atoms with E-state index >= 15 is 0 Å². The van der Waals surface area contributed by atoms with Crippen LogP contribution >= 0.6 is 0 Å². The van der Waals surface area contributed by atoms with Gasteiger partial charge in [-0.05, 0) is 57.9 Å². The molecule has 1 atom stereocenters. The van der Waals surface area contributed by atoms with Gasteiger partial charge in [0.1, 0.15) is 5.75 Å². The first-order valence-electron chi connectivity index (χ1n) is 8.55. The van der Waals surface area contributed by atoms with E-state index in [0.29, 0.717) is 28.7 Å². The molecule has 6 nitrogen and oxygen atoms in total. The van der Waals surface area contributed by atoms with E-state index in [1.54, 1.807) is 25.1 Å². The number of ether oxygens (including phenoxy) is 1. The molecule has 1 saturated carbocycles. The Morgan fingerprint density at radius 3 is 2.76 bits per heavy atom. The first-order chi connectivity index (χ1) is 11.9. The molecule has 2 aliphatic rings. The summed E-state index contributed by atoms with van der Waals surface area (Å²) in [5, 5.41) is 5.71. The smallest absolute Gasteiger partial charge is 0.265 e. The Balaban J connectivity index is 1.57. The fourth-order valence-electron chi connectivity index (χ4n) is 3.39. The molecule has 1 aliphatic carbocycles. The molecule has 0 radical (unpaired) electrons. The van der Waals surface area contributed by atoms with Crippen LogP contribution < -0.4 is 15.4 Å². The molecule has 25 heavy (non-hydrogen) atoms. The Morgan fingerprint density at radius 2 is 2.04 bits per heavy atom. The molecular formula is C19H21N3O3. The molecule has 1 unspecified atom stereocenters. The topological polar surface area (TPSA) is 72.4 Å². The molecule has 6 heteroatoms. The molecule has 2 amide bonds. The molecule has 2 aromatic rings. The van der Waals surface area contributed by atoms with Crippen LogP contribution in [0, 0.1) is 13.8 Å². The van der Waals surface area contributed by atoms with Crippen LogP contribution in [0.4, 0.5) is 11.4 Å². The molecular weight excluding hydrogens is 318 g/mol. The van der Waals surface area contributed by atoms with Crippen molar-refractivity contribution in [2.75, 3.05) is 10.6 Å². The summed E-state index contributed by atoms with van der Waals surface area (Å²) in [7, 11) is 0. The van der Waals surface area contributed by atoms with Gasteiger partial charge < -0.3 is 19.9 Å². The number of carbonyl (C=O) groups is 2. The van der Waals surface area contributed by atoms with Gasteiger partial charge in [0, 0.05) is 23.1 Å². The van der Waals surface area contributed by atoms with Crippen molar-refractivity contribution >= 4 is 23.2 Å². The van der Waals surface area contributed by atoms with Gasteiger partial charge >= 0.3 is 0 Å². The Bertz CT molecular complexity index is 880. The molecule has 0 spiro atoms. The van der Waals surface area contributed by atoms with Crippen LogP contribution in [0.1, 0.15) is 47.6 Å². The van der Waals surface area contributed by atoms with Crippen molar-refractivity contribution in [2.45, 2.75) is 45.8 Å². The van der Waals surface area contributed by atoms with E-state index in [4.69, 9.17) is 4.74 Å². The SMILES string of the molecule is Cc1cc(C(=O)Nc2ccc3c(c2)NC(=O)C(C)O3)c(C)n1C1CC1. The van der Waals surface area contributed by atoms with Gasteiger partial charge in [-0.25, -0.2) is 0 Å². The predicted molar refractivity (Wildman–Crippen MR) is 95.3 cm³/mol. The molecule has 1 fully saturated rings. The van der Waals surface area contributed by atoms with Crippen LogP contribution in [0.2, 0.25) is 0 Å². The minimum absolute atomic E-state index is 0.142. The van der Waals surface area contributed by atoms with Gasteiger partial charge in [0.25, 0.3) is 11.8 Å². The number of rotatable bonds is 3. The number of amides is 2. The number of nitrogens with one attached hydrogen (secondary N) is 2. The minimum Gasteiger partial charge on any atom is -0.479 e. The van der Waals surface area contributed by atoms with E-state index in [1.165, 1.54) is 12.8 Å². The highest BCUT2D eigenvalue weighted by atomic mass is 16.5. The first-order valence-corrected chi connectivity index (χ1v) is 8.55. The monoisotopic (exact) mass is 339 g/mol. The fraction of sp³-hybridized carbons (Fsp3) is 0.368. The second-order valence-corrected chi connectivity index (χ2v) is 6.80. The van der Waals surface area contributed by atoms with Crippen molar-refractivity contribution in [3.63, 3.8) is 0 Å². The zero-order valence-electron chi connectivity index (χ0n) is 14.6. The van der Waals surface area contributed by atoms with Gasteiger partial charge in [0.05, 0.1) is 11.3 Å². The van der Waals surface area contributed by atoms with E-state index < -0.39 is 6.10 Å². The maximum atomic E-state index is 12.7. The standard InChI is InChI=1S/C19H21N3O3/c1-10-8-15(11(2)22(10)14-5-6-14)19(24)20-13-4-7-17-16(9-13)21-18(23)12(3)25-17/h4,7-9,12,14H,5-6H2,1-3H3,(H,20,24)(H,21,23). The minimum atomic E-state index is -0.513. The average Bonchev–Trinajstić information content (AvgIpc) is 3.34. The first kappa shape index (κ1) is 15.7. The highest BCUT2D eigenvalue weighted by Gasteiger charge is 2.28. The van der Waals surface area contributed by atoms with Gasteiger partial charge in [-0.3, -0.25) is 9.59 Å². The molecule has 1 aliphatic heterocycles. The Hall–Kier alpha value is -2.76. The van der Waals surface area contributed by atoms with E-state index in [1.807, 2.05) is 19.9 Å². The van der Waals surface area contributed by atoms with Gasteiger partial charge in [-0.15, -0.1) is 0 Å². The number of hydrogen-bond donors (Lipinski definition) is 2. The Morgan fingerprint density at radius 1 is 1.28 bits per heavy atom. The lowest BCUT2D eigenvalue weighted by molar-refractivity contribution is -0.122. The van der Waals surface area contributed by atoms with Gasteiger partial charge in [-0.2, -0.15) is 0 Å². The lowest BCUT2D eigenvalue weighted by Gasteiger charge is -2.23. The summed E-state index contributed by atoms with van der Waals surface area (Å²) >= 11 is 0. The second kappa shape index (κ2) is 5.65. The summed E-state index contributed by atoms with van der Waals surface area (Å²) in [6, 6.07) is 7.74. The van der Waals surface area contributed by atoms with Crippen LogP contribution in [0.15, 0.2) is 24.3 Å². The van der Waals surface area contributed by atoms with Crippen LogP contribution in [0.5, 0.6) is 5.75 Å². The van der Waals surface area contributed by atoms with Crippen molar-refractivity contribution in [3.05, 3.63) is 41.2 Å². The Labute approximate surface area is 146 Å². The third-order valence-corrected chi connectivity index (χ3v) is 4.81. The number of fused-ring (bicyclic) bond motifs is 1. The fourth-order valence-corrected chi connectivity index (χ4v) is 3.39. The summed E-state index contributed by atoms with van der Waals surface area (Å²) in [5.41, 5.74) is 4.00. The zero-order chi connectivity index (χ0) is 17.7. The van der Waals surface area contributed by atoms with Crippen molar-refractivity contribution in [1.29, 1.82) is 0 Å². The number of aryl methyl sites for hydroxylation is 1. The normalized spacial score (nSPS) is 19.0. The second-order valence-electron chi connectivity index (χ2n) is 6.80. The number of nitrogens with zero attached hydrogens (tertiary/aromatic N) is 1. The number of hydrogen-bond acceptors (Lipinski definition) is 3. The quantitative estimate of drug-likeness (QED) is 0.900. The van der Waals surface area contributed by atoms with Crippen LogP contribution in [0.3, 0.4) is 0 Å². The highest BCUT2D eigenvalue weighted by Crippen LogP contribution is 2.38. The molecule has 0 saturated heterocycles. The van der Waals surface area contributed by atoms with Crippen molar-refractivity contribution in [2.24, 2.45) is 0 Å². The van der Waals surface area contributed by atoms with Gasteiger partial charge in [-0.1, -0.05) is 0 Å².